The van der Waals surface area contributed by atoms with E-state index in [2.05, 4.69) is 17.0 Å². The van der Waals surface area contributed by atoms with Crippen LogP contribution in [0.1, 0.15) is 38.8 Å². The van der Waals surface area contributed by atoms with Crippen LogP contribution in [0.3, 0.4) is 0 Å². The second-order valence-electron chi connectivity index (χ2n) is 9.82. The van der Waals surface area contributed by atoms with Gasteiger partial charge in [-0.05, 0) is 68.6 Å². The van der Waals surface area contributed by atoms with Gasteiger partial charge in [-0.2, -0.15) is 0 Å². The van der Waals surface area contributed by atoms with Crippen LogP contribution in [0.25, 0.3) is 0 Å². The number of halogens is 2. The van der Waals surface area contributed by atoms with Crippen molar-refractivity contribution in [3.8, 4) is 5.75 Å². The Kier molecular flexibility index (Phi) is 7.35. The molecule has 0 aromatic heterocycles. The predicted octanol–water partition coefficient (Wildman–Crippen LogP) is 4.74. The van der Waals surface area contributed by atoms with E-state index in [1.165, 1.54) is 5.56 Å². The first-order valence-electron chi connectivity index (χ1n) is 11.4. The van der Waals surface area contributed by atoms with Gasteiger partial charge in [0, 0.05) is 36.1 Å². The maximum Gasteiger partial charge on any atom is 0.495 e. The zero-order valence-electron chi connectivity index (χ0n) is 20.0. The smallest absolute Gasteiger partial charge is 0.495 e. The van der Waals surface area contributed by atoms with Gasteiger partial charge in [0.15, 0.2) is 0 Å². The van der Waals surface area contributed by atoms with E-state index in [1.54, 1.807) is 13.2 Å². The van der Waals surface area contributed by atoms with E-state index in [9.17, 15) is 0 Å². The van der Waals surface area contributed by atoms with Gasteiger partial charge in [0.1, 0.15) is 5.75 Å². The van der Waals surface area contributed by atoms with Crippen molar-refractivity contribution in [3.63, 3.8) is 0 Å². The summed E-state index contributed by atoms with van der Waals surface area (Å²) in [6.45, 7) is 11.4. The molecule has 2 aromatic carbocycles. The lowest BCUT2D eigenvalue weighted by Crippen LogP contribution is -2.44. The van der Waals surface area contributed by atoms with Crippen molar-refractivity contribution in [2.24, 2.45) is 0 Å². The zero-order chi connectivity index (χ0) is 23.8. The molecule has 2 aromatic rings. The Bertz CT molecular complexity index is 967. The van der Waals surface area contributed by atoms with Gasteiger partial charge in [-0.1, -0.05) is 35.3 Å². The average Bonchev–Trinajstić information content (AvgIpc) is 2.97. The summed E-state index contributed by atoms with van der Waals surface area (Å²) in [7, 11) is 1.15. The highest BCUT2D eigenvalue weighted by molar-refractivity contribution is 6.63. The zero-order valence-corrected chi connectivity index (χ0v) is 21.5. The highest BCUT2D eigenvalue weighted by Crippen LogP contribution is 2.37. The molecule has 2 saturated heterocycles. The van der Waals surface area contributed by atoms with E-state index < -0.39 is 18.3 Å². The van der Waals surface area contributed by atoms with Gasteiger partial charge in [-0.15, -0.1) is 0 Å². The summed E-state index contributed by atoms with van der Waals surface area (Å²) >= 11 is 13.1. The third-order valence-electron chi connectivity index (χ3n) is 6.92. The largest absolute Gasteiger partial charge is 0.497 e. The van der Waals surface area contributed by atoms with Crippen molar-refractivity contribution < 1.29 is 18.8 Å². The minimum Gasteiger partial charge on any atom is -0.497 e. The van der Waals surface area contributed by atoms with Crippen molar-refractivity contribution in [1.29, 1.82) is 0 Å². The third kappa shape index (κ3) is 5.53. The Labute approximate surface area is 207 Å². The quantitative estimate of drug-likeness (QED) is 0.545. The summed E-state index contributed by atoms with van der Waals surface area (Å²) < 4.78 is 24.0. The summed E-state index contributed by atoms with van der Waals surface area (Å²) in [5.41, 5.74) is 2.21. The second kappa shape index (κ2) is 9.77. The molecule has 2 aliphatic rings. The summed E-state index contributed by atoms with van der Waals surface area (Å²) in [6, 6.07) is 11.9. The molecule has 0 amide bonds. The minimum absolute atomic E-state index is 0.0110. The summed E-state index contributed by atoms with van der Waals surface area (Å²) in [4.78, 5) is 2.41. The molecular weight excluding hydrogens is 460 g/mol. The van der Waals surface area contributed by atoms with Crippen LogP contribution in [-0.4, -0.2) is 56.1 Å². The van der Waals surface area contributed by atoms with E-state index in [4.69, 9.17) is 42.0 Å². The maximum absolute atomic E-state index is 6.69. The maximum atomic E-state index is 6.69. The fraction of sp³-hybridized carbons (Fsp3) is 0.520. The van der Waals surface area contributed by atoms with Crippen LogP contribution in [0.5, 0.6) is 5.75 Å². The SMILES string of the molecule is COc1ccc(CN2CCOC(Cc3c(Cl)cc(Cl)cc3B3OC(C)(C)C(C)(C)O3)C2)cc1. The van der Waals surface area contributed by atoms with Gasteiger partial charge in [0.05, 0.1) is 31.0 Å². The van der Waals surface area contributed by atoms with Crippen LogP contribution in [0, 0.1) is 0 Å². The van der Waals surface area contributed by atoms with E-state index in [0.717, 1.165) is 36.4 Å². The predicted molar refractivity (Wildman–Crippen MR) is 134 cm³/mol. The molecule has 178 valence electrons. The van der Waals surface area contributed by atoms with Gasteiger partial charge >= 0.3 is 7.12 Å². The Balaban J connectivity index is 1.50. The van der Waals surface area contributed by atoms with Crippen LogP contribution in [0.15, 0.2) is 36.4 Å². The molecular formula is C25H32BCl2NO4. The standard InChI is InChI=1S/C25H32BCl2NO4/c1-24(2)25(3,4)33-26(32-24)22-12-18(27)13-23(28)21(22)14-20-16-29(10-11-31-20)15-17-6-8-19(30-5)9-7-17/h6-9,12-13,20H,10-11,14-16H2,1-5H3. The van der Waals surface area contributed by atoms with Crippen LogP contribution in [0.2, 0.25) is 10.0 Å². The number of morpholine rings is 1. The van der Waals surface area contributed by atoms with Gasteiger partial charge < -0.3 is 18.8 Å². The molecule has 4 rings (SSSR count). The van der Waals surface area contributed by atoms with E-state index >= 15 is 0 Å². The van der Waals surface area contributed by atoms with Crippen LogP contribution < -0.4 is 10.2 Å². The van der Waals surface area contributed by atoms with E-state index in [0.29, 0.717) is 23.1 Å². The fourth-order valence-electron chi connectivity index (χ4n) is 4.28. The number of benzene rings is 2. The molecule has 1 atom stereocenters. The highest BCUT2D eigenvalue weighted by atomic mass is 35.5. The van der Waals surface area contributed by atoms with E-state index in [-0.39, 0.29) is 6.10 Å². The van der Waals surface area contributed by atoms with Crippen molar-refractivity contribution in [3.05, 3.63) is 57.6 Å². The molecule has 8 heteroatoms. The minimum atomic E-state index is -0.528. The normalized spacial score (nSPS) is 22.5. The van der Waals surface area contributed by atoms with Gasteiger partial charge in [0.2, 0.25) is 0 Å². The Hall–Kier alpha value is -1.28. The number of rotatable bonds is 6. The van der Waals surface area contributed by atoms with Gasteiger partial charge in [0.25, 0.3) is 0 Å². The summed E-state index contributed by atoms with van der Waals surface area (Å²) in [6.07, 6.45) is 0.672. The van der Waals surface area contributed by atoms with Gasteiger partial charge in [-0.3, -0.25) is 4.90 Å². The van der Waals surface area contributed by atoms with Crippen LogP contribution in [0.4, 0.5) is 0 Å². The highest BCUT2D eigenvalue weighted by Gasteiger charge is 2.52. The molecule has 0 saturated carbocycles. The molecule has 0 radical (unpaired) electrons. The lowest BCUT2D eigenvalue weighted by molar-refractivity contribution is -0.0304. The summed E-state index contributed by atoms with van der Waals surface area (Å²) in [5, 5.41) is 1.18. The molecule has 0 spiro atoms. The van der Waals surface area contributed by atoms with Crippen molar-refractivity contribution in [2.45, 2.75) is 58.0 Å². The first-order valence-corrected chi connectivity index (χ1v) is 12.1. The Morgan fingerprint density at radius 1 is 1.06 bits per heavy atom. The molecule has 1 unspecified atom stereocenters. The third-order valence-corrected chi connectivity index (χ3v) is 7.48. The van der Waals surface area contributed by atoms with Gasteiger partial charge in [-0.25, -0.2) is 0 Å². The van der Waals surface area contributed by atoms with Crippen LogP contribution in [-0.2, 0) is 27.0 Å². The molecule has 0 N–H and O–H groups in total. The van der Waals surface area contributed by atoms with Crippen LogP contribution >= 0.6 is 23.2 Å². The topological polar surface area (TPSA) is 40.2 Å². The molecule has 2 fully saturated rings. The molecule has 2 heterocycles. The van der Waals surface area contributed by atoms with E-state index in [1.807, 2.05) is 45.9 Å². The molecule has 2 aliphatic heterocycles. The monoisotopic (exact) mass is 491 g/mol. The van der Waals surface area contributed by atoms with Crippen molar-refractivity contribution in [2.75, 3.05) is 26.8 Å². The average molecular weight is 492 g/mol. The molecule has 0 aliphatic carbocycles. The fourth-order valence-corrected chi connectivity index (χ4v) is 4.87. The molecule has 5 nitrogen and oxygen atoms in total. The lowest BCUT2D eigenvalue weighted by atomic mass is 9.74. The van der Waals surface area contributed by atoms with Crippen molar-refractivity contribution in [1.82, 2.24) is 4.90 Å². The Morgan fingerprint density at radius 2 is 1.73 bits per heavy atom. The number of hydrogen-bond acceptors (Lipinski definition) is 5. The van der Waals surface area contributed by atoms with Crippen molar-refractivity contribution >= 4 is 35.8 Å². The lowest BCUT2D eigenvalue weighted by Gasteiger charge is -2.33. The summed E-state index contributed by atoms with van der Waals surface area (Å²) in [5.74, 6) is 0.867. The Morgan fingerprint density at radius 3 is 2.36 bits per heavy atom. The number of ether oxygens (including phenoxy) is 2. The first kappa shape index (κ1) is 24.8. The second-order valence-corrected chi connectivity index (χ2v) is 10.7. The molecule has 33 heavy (non-hydrogen) atoms. The number of hydrogen-bond donors (Lipinski definition) is 0. The molecule has 0 bridgehead atoms. The first-order chi connectivity index (χ1) is 15.6. The number of nitrogens with zero attached hydrogens (tertiary/aromatic N) is 1. The number of methoxy groups -OCH3 is 1.